The van der Waals surface area contributed by atoms with Crippen LogP contribution >= 0.6 is 11.6 Å². The summed E-state index contributed by atoms with van der Waals surface area (Å²) in [6.07, 6.45) is 0. The molecule has 0 heterocycles. The lowest BCUT2D eigenvalue weighted by molar-refractivity contribution is 1.01. The van der Waals surface area contributed by atoms with Crippen molar-refractivity contribution in [3.8, 4) is 6.07 Å². The molecule has 0 aliphatic rings. The van der Waals surface area contributed by atoms with Crippen molar-refractivity contribution in [1.82, 2.24) is 5.43 Å². The minimum atomic E-state index is 0.0524. The van der Waals surface area contributed by atoms with E-state index in [0.29, 0.717) is 16.3 Å². The number of hydrogen-bond acceptors (Lipinski definition) is 3. The second-order valence-corrected chi connectivity index (χ2v) is 2.83. The second kappa shape index (κ2) is 4.46. The van der Waals surface area contributed by atoms with Gasteiger partial charge < -0.3 is 5.73 Å². The smallest absolute Gasteiger partial charge is 0.208 e. The third-order valence-electron chi connectivity index (χ3n) is 1.47. The molecule has 6 heteroatoms. The van der Waals surface area contributed by atoms with Crippen molar-refractivity contribution >= 4 is 23.2 Å². The van der Waals surface area contributed by atoms with Gasteiger partial charge in [-0.25, -0.2) is 10.8 Å². The van der Waals surface area contributed by atoms with Crippen LogP contribution in [-0.4, -0.2) is 5.96 Å². The molecule has 0 amide bonds. The molecular weight excluding hydrogens is 202 g/mol. The summed E-state index contributed by atoms with van der Waals surface area (Å²) in [6, 6.07) is 6.64. The minimum absolute atomic E-state index is 0.0524. The highest BCUT2D eigenvalue weighted by atomic mass is 35.5. The van der Waals surface area contributed by atoms with Crippen molar-refractivity contribution in [3.05, 3.63) is 28.8 Å². The van der Waals surface area contributed by atoms with Crippen molar-refractivity contribution in [1.29, 1.82) is 5.26 Å². The van der Waals surface area contributed by atoms with Crippen LogP contribution in [0.4, 0.5) is 5.69 Å². The van der Waals surface area contributed by atoms with Crippen molar-refractivity contribution < 1.29 is 0 Å². The molecule has 0 saturated heterocycles. The summed E-state index contributed by atoms with van der Waals surface area (Å²) >= 11 is 5.83. The van der Waals surface area contributed by atoms with Gasteiger partial charge in [0.1, 0.15) is 0 Å². The van der Waals surface area contributed by atoms with Gasteiger partial charge in [0.15, 0.2) is 0 Å². The first-order valence-corrected chi connectivity index (χ1v) is 4.05. The molecule has 5 nitrogen and oxygen atoms in total. The Morgan fingerprint density at radius 1 is 1.57 bits per heavy atom. The van der Waals surface area contributed by atoms with E-state index in [1.807, 2.05) is 6.07 Å². The van der Waals surface area contributed by atoms with Gasteiger partial charge in [-0.05, 0) is 18.2 Å². The van der Waals surface area contributed by atoms with Crippen molar-refractivity contribution in [2.45, 2.75) is 0 Å². The molecule has 0 spiro atoms. The fourth-order valence-corrected chi connectivity index (χ4v) is 1.05. The Bertz CT molecular complexity index is 407. The largest absolute Gasteiger partial charge is 0.369 e. The quantitative estimate of drug-likeness (QED) is 0.273. The Hall–Kier alpha value is -1.77. The number of benzene rings is 1. The predicted molar refractivity (Wildman–Crippen MR) is 54.8 cm³/mol. The van der Waals surface area contributed by atoms with Gasteiger partial charge in [-0.1, -0.05) is 11.6 Å². The lowest BCUT2D eigenvalue weighted by Gasteiger charge is -2.00. The zero-order chi connectivity index (χ0) is 10.6. The maximum atomic E-state index is 8.58. The molecule has 1 aromatic rings. The van der Waals surface area contributed by atoms with Gasteiger partial charge in [-0.2, -0.15) is 5.26 Å². The number of nitrogens with one attached hydrogen (secondary N) is 1. The van der Waals surface area contributed by atoms with Crippen LogP contribution in [0.1, 0.15) is 5.56 Å². The lowest BCUT2D eigenvalue weighted by atomic mass is 10.2. The molecule has 0 aromatic heterocycles. The zero-order valence-corrected chi connectivity index (χ0v) is 7.92. The van der Waals surface area contributed by atoms with Gasteiger partial charge in [0, 0.05) is 0 Å². The van der Waals surface area contributed by atoms with Crippen molar-refractivity contribution in [2.75, 3.05) is 0 Å². The van der Waals surface area contributed by atoms with Gasteiger partial charge >= 0.3 is 0 Å². The summed E-state index contributed by atoms with van der Waals surface area (Å²) in [7, 11) is 0. The number of guanidine groups is 1. The Balaban J connectivity index is 3.08. The molecule has 0 aliphatic carbocycles. The number of halogens is 1. The molecule has 0 radical (unpaired) electrons. The number of hydrazine groups is 1. The molecule has 0 fully saturated rings. The SMILES string of the molecule is N#Cc1ccc(N=C(N)NN)c(Cl)c1. The first kappa shape index (κ1) is 10.3. The fraction of sp³-hybridized carbons (Fsp3) is 0. The number of nitrogens with two attached hydrogens (primary N) is 2. The average molecular weight is 210 g/mol. The van der Waals surface area contributed by atoms with Crippen LogP contribution in [0.15, 0.2) is 23.2 Å². The molecule has 0 saturated carbocycles. The highest BCUT2D eigenvalue weighted by Gasteiger charge is 2.00. The van der Waals surface area contributed by atoms with Crippen LogP contribution in [0.3, 0.4) is 0 Å². The first-order chi connectivity index (χ1) is 6.67. The number of nitriles is 1. The molecule has 0 atom stereocenters. The summed E-state index contributed by atoms with van der Waals surface area (Å²) in [5.41, 5.74) is 8.43. The van der Waals surface area contributed by atoms with E-state index in [1.54, 1.807) is 12.1 Å². The summed E-state index contributed by atoms with van der Waals surface area (Å²) in [5.74, 6) is 5.08. The van der Waals surface area contributed by atoms with E-state index in [9.17, 15) is 0 Å². The van der Waals surface area contributed by atoms with Gasteiger partial charge in [-0.15, -0.1) is 0 Å². The van der Waals surface area contributed by atoms with E-state index in [1.165, 1.54) is 6.07 Å². The molecule has 72 valence electrons. The maximum absolute atomic E-state index is 8.58. The molecule has 0 bridgehead atoms. The maximum Gasteiger partial charge on any atom is 0.208 e. The standard InChI is InChI=1S/C8H8ClN5/c9-6-3-5(4-10)1-2-7(6)13-8(11)14-12/h1-3H,12H2,(H3,11,13,14). The number of nitrogens with zero attached hydrogens (tertiary/aromatic N) is 2. The van der Waals surface area contributed by atoms with Crippen LogP contribution < -0.4 is 17.0 Å². The first-order valence-electron chi connectivity index (χ1n) is 3.68. The van der Waals surface area contributed by atoms with E-state index >= 15 is 0 Å². The number of hydrogen-bond donors (Lipinski definition) is 3. The van der Waals surface area contributed by atoms with Crippen molar-refractivity contribution in [3.63, 3.8) is 0 Å². The highest BCUT2D eigenvalue weighted by Crippen LogP contribution is 2.25. The van der Waals surface area contributed by atoms with Gasteiger partial charge in [0.05, 0.1) is 22.3 Å². The van der Waals surface area contributed by atoms with Gasteiger partial charge in [0.2, 0.25) is 5.96 Å². The topological polar surface area (TPSA) is 100 Å². The van der Waals surface area contributed by atoms with Gasteiger partial charge in [0.25, 0.3) is 0 Å². The normalized spacial score (nSPS) is 10.8. The Labute approximate surface area is 86.0 Å². The van der Waals surface area contributed by atoms with Crippen LogP contribution in [0.2, 0.25) is 5.02 Å². The summed E-state index contributed by atoms with van der Waals surface area (Å²) < 4.78 is 0. The summed E-state index contributed by atoms with van der Waals surface area (Å²) in [4.78, 5) is 3.87. The third-order valence-corrected chi connectivity index (χ3v) is 1.77. The number of rotatable bonds is 1. The van der Waals surface area contributed by atoms with Crippen LogP contribution in [-0.2, 0) is 0 Å². The van der Waals surface area contributed by atoms with Crippen molar-refractivity contribution in [2.24, 2.45) is 16.6 Å². The zero-order valence-electron chi connectivity index (χ0n) is 7.16. The highest BCUT2D eigenvalue weighted by molar-refractivity contribution is 6.33. The second-order valence-electron chi connectivity index (χ2n) is 2.42. The Kier molecular flexibility index (Phi) is 3.29. The molecule has 1 aromatic carbocycles. The minimum Gasteiger partial charge on any atom is -0.369 e. The molecule has 0 aliphatic heterocycles. The van der Waals surface area contributed by atoms with E-state index in [2.05, 4.69) is 10.4 Å². The number of aliphatic imine (C=N–C) groups is 1. The molecule has 0 unspecified atom stereocenters. The lowest BCUT2D eigenvalue weighted by Crippen LogP contribution is -2.36. The van der Waals surface area contributed by atoms with E-state index in [4.69, 9.17) is 28.4 Å². The third kappa shape index (κ3) is 2.36. The Morgan fingerprint density at radius 2 is 2.29 bits per heavy atom. The van der Waals surface area contributed by atoms with Crippen LogP contribution in [0.25, 0.3) is 0 Å². The fourth-order valence-electron chi connectivity index (χ4n) is 0.829. The van der Waals surface area contributed by atoms with E-state index in [0.717, 1.165) is 0 Å². The summed E-state index contributed by atoms with van der Waals surface area (Å²) in [6.45, 7) is 0. The molecule has 1 rings (SSSR count). The van der Waals surface area contributed by atoms with E-state index < -0.39 is 0 Å². The van der Waals surface area contributed by atoms with E-state index in [-0.39, 0.29) is 5.96 Å². The summed E-state index contributed by atoms with van der Waals surface area (Å²) in [5, 5.41) is 8.93. The van der Waals surface area contributed by atoms with Crippen LogP contribution in [0.5, 0.6) is 0 Å². The molecular formula is C8H8ClN5. The monoisotopic (exact) mass is 209 g/mol. The predicted octanol–water partition coefficient (Wildman–Crippen LogP) is 0.621. The Morgan fingerprint density at radius 3 is 2.79 bits per heavy atom. The molecule has 14 heavy (non-hydrogen) atoms. The van der Waals surface area contributed by atoms with Crippen LogP contribution in [0, 0.1) is 11.3 Å². The average Bonchev–Trinajstić information content (AvgIpc) is 2.20. The van der Waals surface area contributed by atoms with Gasteiger partial charge in [-0.3, -0.25) is 5.43 Å². The molecule has 5 N–H and O–H groups in total.